The minimum Gasteiger partial charge on any atom is -0.438 e. The van der Waals surface area contributed by atoms with Crippen LogP contribution in [0, 0.1) is 3.57 Å². The Kier molecular flexibility index (Phi) is 3.52. The molecule has 1 aromatic carbocycles. The van der Waals surface area contributed by atoms with E-state index in [0.29, 0.717) is 17.2 Å². The molecule has 0 atom stereocenters. The first-order chi connectivity index (χ1) is 8.16. The zero-order valence-corrected chi connectivity index (χ0v) is 10.8. The van der Waals surface area contributed by atoms with E-state index in [2.05, 4.69) is 32.6 Å². The van der Waals surface area contributed by atoms with Gasteiger partial charge in [-0.25, -0.2) is 9.97 Å². The smallest absolute Gasteiger partial charge is 0.248 e. The van der Waals surface area contributed by atoms with E-state index < -0.39 is 5.91 Å². The summed E-state index contributed by atoms with van der Waals surface area (Å²) in [6.45, 7) is 0. The fourth-order valence-corrected chi connectivity index (χ4v) is 1.59. The molecule has 0 aliphatic rings. The van der Waals surface area contributed by atoms with Crippen LogP contribution in [0.25, 0.3) is 0 Å². The fraction of sp³-hybridized carbons (Fsp3) is 0. The normalized spacial score (nSPS) is 9.94. The summed E-state index contributed by atoms with van der Waals surface area (Å²) in [6, 6.07) is 6.54. The Morgan fingerprint density at radius 1 is 1.29 bits per heavy atom. The molecule has 1 aromatic heterocycles. The van der Waals surface area contributed by atoms with Crippen LogP contribution in [-0.2, 0) is 0 Å². The monoisotopic (exact) mass is 341 g/mol. The average molecular weight is 341 g/mol. The molecule has 0 saturated carbocycles. The summed E-state index contributed by atoms with van der Waals surface area (Å²) in [5.41, 5.74) is 5.58. The van der Waals surface area contributed by atoms with Crippen molar-refractivity contribution in [3.63, 3.8) is 0 Å². The van der Waals surface area contributed by atoms with E-state index in [1.807, 2.05) is 0 Å². The molecule has 0 bridgehead atoms. The zero-order valence-electron chi connectivity index (χ0n) is 8.63. The summed E-state index contributed by atoms with van der Waals surface area (Å²) in [6.07, 6.45) is 3.07. The molecule has 0 unspecified atom stereocenters. The zero-order chi connectivity index (χ0) is 12.3. The van der Waals surface area contributed by atoms with Gasteiger partial charge in [0.1, 0.15) is 12.1 Å². The molecule has 0 saturated heterocycles. The van der Waals surface area contributed by atoms with Crippen LogP contribution in [-0.4, -0.2) is 15.9 Å². The van der Waals surface area contributed by atoms with Crippen molar-refractivity contribution in [3.05, 3.63) is 45.9 Å². The lowest BCUT2D eigenvalue weighted by Gasteiger charge is -2.05. The first-order valence-corrected chi connectivity index (χ1v) is 5.78. The molecule has 0 radical (unpaired) electrons. The maximum atomic E-state index is 10.9. The van der Waals surface area contributed by atoms with E-state index in [9.17, 15) is 4.79 Å². The van der Waals surface area contributed by atoms with Crippen molar-refractivity contribution in [2.24, 2.45) is 5.73 Å². The number of rotatable bonds is 3. The molecule has 6 heteroatoms. The highest BCUT2D eigenvalue weighted by Gasteiger charge is 2.05. The SMILES string of the molecule is NC(=O)c1ccc(Oc2ncncc2I)cc1. The largest absolute Gasteiger partial charge is 0.438 e. The summed E-state index contributed by atoms with van der Waals surface area (Å²) in [5.74, 6) is 0.604. The van der Waals surface area contributed by atoms with Gasteiger partial charge in [-0.2, -0.15) is 0 Å². The molecule has 0 fully saturated rings. The Hall–Kier alpha value is -1.70. The number of aromatic nitrogens is 2. The minimum atomic E-state index is -0.465. The van der Waals surface area contributed by atoms with Crippen LogP contribution in [0.1, 0.15) is 10.4 Å². The van der Waals surface area contributed by atoms with Crippen molar-refractivity contribution in [2.45, 2.75) is 0 Å². The fourth-order valence-electron chi connectivity index (χ4n) is 1.18. The van der Waals surface area contributed by atoms with E-state index in [-0.39, 0.29) is 0 Å². The topological polar surface area (TPSA) is 78.1 Å². The van der Waals surface area contributed by atoms with Crippen LogP contribution in [0.2, 0.25) is 0 Å². The third kappa shape index (κ3) is 2.90. The van der Waals surface area contributed by atoms with Gasteiger partial charge in [0.2, 0.25) is 11.8 Å². The number of hydrogen-bond donors (Lipinski definition) is 1. The van der Waals surface area contributed by atoms with Gasteiger partial charge in [0.15, 0.2) is 0 Å². The molecule has 0 aliphatic carbocycles. The number of nitrogens with zero attached hydrogens (tertiary/aromatic N) is 2. The van der Waals surface area contributed by atoms with Crippen molar-refractivity contribution in [1.82, 2.24) is 9.97 Å². The summed E-state index contributed by atoms with van der Waals surface area (Å²) in [7, 11) is 0. The summed E-state index contributed by atoms with van der Waals surface area (Å²) in [4.78, 5) is 18.7. The molecular formula is C11H8IN3O2. The lowest BCUT2D eigenvalue weighted by molar-refractivity contribution is 0.100. The van der Waals surface area contributed by atoms with Gasteiger partial charge in [-0.3, -0.25) is 4.79 Å². The number of carbonyl (C=O) groups excluding carboxylic acids is 1. The first-order valence-electron chi connectivity index (χ1n) is 4.70. The average Bonchev–Trinajstić information content (AvgIpc) is 2.33. The van der Waals surface area contributed by atoms with Crippen molar-refractivity contribution in [1.29, 1.82) is 0 Å². The Bertz CT molecular complexity index is 543. The number of hydrogen-bond acceptors (Lipinski definition) is 4. The number of nitrogens with two attached hydrogens (primary N) is 1. The lowest BCUT2D eigenvalue weighted by atomic mass is 10.2. The maximum Gasteiger partial charge on any atom is 0.248 e. The quantitative estimate of drug-likeness (QED) is 0.866. The van der Waals surface area contributed by atoms with E-state index in [4.69, 9.17) is 10.5 Å². The van der Waals surface area contributed by atoms with E-state index >= 15 is 0 Å². The van der Waals surface area contributed by atoms with Crippen molar-refractivity contribution < 1.29 is 9.53 Å². The molecule has 17 heavy (non-hydrogen) atoms. The van der Waals surface area contributed by atoms with Crippen molar-refractivity contribution in [2.75, 3.05) is 0 Å². The van der Waals surface area contributed by atoms with Gasteiger partial charge in [0, 0.05) is 11.8 Å². The summed E-state index contributed by atoms with van der Waals surface area (Å²) < 4.78 is 6.34. The molecule has 86 valence electrons. The molecule has 1 amide bonds. The molecule has 2 N–H and O–H groups in total. The number of ether oxygens (including phenoxy) is 1. The van der Waals surface area contributed by atoms with E-state index in [1.54, 1.807) is 30.5 Å². The minimum absolute atomic E-state index is 0.440. The number of carbonyl (C=O) groups is 1. The molecule has 2 rings (SSSR count). The van der Waals surface area contributed by atoms with Crippen molar-refractivity contribution >= 4 is 28.5 Å². The van der Waals surface area contributed by atoms with Crippen LogP contribution < -0.4 is 10.5 Å². The summed E-state index contributed by atoms with van der Waals surface area (Å²) in [5, 5.41) is 0. The predicted octanol–water partition coefficient (Wildman–Crippen LogP) is 1.97. The maximum absolute atomic E-state index is 10.9. The van der Waals surface area contributed by atoms with Gasteiger partial charge in [0.25, 0.3) is 0 Å². The second kappa shape index (κ2) is 5.09. The Morgan fingerprint density at radius 3 is 2.59 bits per heavy atom. The molecular weight excluding hydrogens is 333 g/mol. The Balaban J connectivity index is 2.20. The second-order valence-corrected chi connectivity index (χ2v) is 4.33. The van der Waals surface area contributed by atoms with Crippen LogP contribution in [0.5, 0.6) is 11.6 Å². The van der Waals surface area contributed by atoms with Crippen LogP contribution in [0.15, 0.2) is 36.8 Å². The Morgan fingerprint density at radius 2 is 2.00 bits per heavy atom. The van der Waals surface area contributed by atoms with Crippen molar-refractivity contribution in [3.8, 4) is 11.6 Å². The van der Waals surface area contributed by atoms with E-state index in [0.717, 1.165) is 3.57 Å². The molecule has 0 spiro atoms. The molecule has 5 nitrogen and oxygen atoms in total. The molecule has 2 aromatic rings. The standard InChI is InChI=1S/C11H8IN3O2/c12-9-5-14-6-15-11(9)17-8-3-1-7(2-4-8)10(13)16/h1-6H,(H2,13,16). The highest BCUT2D eigenvalue weighted by atomic mass is 127. The van der Waals surface area contributed by atoms with Crippen LogP contribution in [0.3, 0.4) is 0 Å². The highest BCUT2D eigenvalue weighted by Crippen LogP contribution is 2.23. The van der Waals surface area contributed by atoms with E-state index in [1.165, 1.54) is 6.33 Å². The van der Waals surface area contributed by atoms with Gasteiger partial charge in [-0.05, 0) is 46.9 Å². The highest BCUT2D eigenvalue weighted by molar-refractivity contribution is 14.1. The first kappa shape index (κ1) is 11.8. The van der Waals surface area contributed by atoms with Gasteiger partial charge in [-0.15, -0.1) is 0 Å². The third-order valence-electron chi connectivity index (χ3n) is 1.99. The second-order valence-electron chi connectivity index (χ2n) is 3.17. The van der Waals surface area contributed by atoms with Gasteiger partial charge < -0.3 is 10.5 Å². The molecule has 0 aliphatic heterocycles. The number of primary amides is 1. The number of benzene rings is 1. The third-order valence-corrected chi connectivity index (χ3v) is 2.73. The van der Waals surface area contributed by atoms with Crippen LogP contribution in [0.4, 0.5) is 0 Å². The number of amides is 1. The Labute approximate surface area is 111 Å². The lowest BCUT2D eigenvalue weighted by Crippen LogP contribution is -2.10. The number of halogens is 1. The van der Waals surface area contributed by atoms with Crippen LogP contribution >= 0.6 is 22.6 Å². The van der Waals surface area contributed by atoms with Gasteiger partial charge in [-0.1, -0.05) is 0 Å². The van der Waals surface area contributed by atoms with Gasteiger partial charge >= 0.3 is 0 Å². The molecule has 1 heterocycles. The summed E-state index contributed by atoms with van der Waals surface area (Å²) >= 11 is 2.08. The predicted molar refractivity (Wildman–Crippen MR) is 69.8 cm³/mol. The van der Waals surface area contributed by atoms with Gasteiger partial charge in [0.05, 0.1) is 3.57 Å².